The highest BCUT2D eigenvalue weighted by molar-refractivity contribution is 5.20. The third-order valence-corrected chi connectivity index (χ3v) is 3.61. The van der Waals surface area contributed by atoms with Crippen molar-refractivity contribution >= 4 is 0 Å². The molecule has 2 aromatic rings. The molecule has 3 heteroatoms. The van der Waals surface area contributed by atoms with E-state index >= 15 is 0 Å². The van der Waals surface area contributed by atoms with Gasteiger partial charge in [0.2, 0.25) is 0 Å². The molecule has 102 valence electrons. The molecule has 1 atom stereocenters. The first-order valence-electron chi connectivity index (χ1n) is 6.86. The Morgan fingerprint density at radius 3 is 2.58 bits per heavy atom. The number of aromatic nitrogens is 1. The largest absolute Gasteiger partial charge is 0.361 e. The van der Waals surface area contributed by atoms with Gasteiger partial charge >= 0.3 is 0 Å². The first-order valence-corrected chi connectivity index (χ1v) is 6.86. The molecule has 3 nitrogen and oxygen atoms in total. The van der Waals surface area contributed by atoms with Crippen LogP contribution in [0.25, 0.3) is 0 Å². The van der Waals surface area contributed by atoms with Crippen LogP contribution in [0.2, 0.25) is 0 Å². The quantitative estimate of drug-likeness (QED) is 0.805. The highest BCUT2D eigenvalue weighted by atomic mass is 16.5. The molecule has 0 radical (unpaired) electrons. The molecule has 0 fully saturated rings. The maximum absolute atomic E-state index is 5.15. The van der Waals surface area contributed by atoms with Crippen molar-refractivity contribution in [1.82, 2.24) is 10.5 Å². The van der Waals surface area contributed by atoms with Crippen LogP contribution in [0.15, 0.2) is 34.9 Å². The molecule has 0 saturated carbocycles. The smallest absolute Gasteiger partial charge is 0.138 e. The molecule has 0 amide bonds. The Morgan fingerprint density at radius 2 is 1.95 bits per heavy atom. The van der Waals surface area contributed by atoms with E-state index in [1.54, 1.807) is 0 Å². The Kier molecular flexibility index (Phi) is 4.74. The number of hydrogen-bond donors (Lipinski definition) is 1. The molecule has 0 saturated heterocycles. The minimum atomic E-state index is 0.582. The molecule has 2 rings (SSSR count). The Labute approximate surface area is 115 Å². The fourth-order valence-electron chi connectivity index (χ4n) is 2.23. The summed E-state index contributed by atoms with van der Waals surface area (Å²) in [6.45, 7) is 8.05. The average molecular weight is 258 g/mol. The van der Waals surface area contributed by atoms with E-state index in [2.05, 4.69) is 47.7 Å². The van der Waals surface area contributed by atoms with Crippen LogP contribution >= 0.6 is 0 Å². The summed E-state index contributed by atoms with van der Waals surface area (Å²) in [7, 11) is 0. The number of hydrogen-bond acceptors (Lipinski definition) is 3. The SMILES string of the molecule is Cc1noc(C)c1CNCCC(C)c1ccccc1. The van der Waals surface area contributed by atoms with E-state index < -0.39 is 0 Å². The van der Waals surface area contributed by atoms with Crippen LogP contribution in [0.3, 0.4) is 0 Å². The molecular formula is C16H22N2O. The third-order valence-electron chi connectivity index (χ3n) is 3.61. The van der Waals surface area contributed by atoms with Gasteiger partial charge in [0.25, 0.3) is 0 Å². The van der Waals surface area contributed by atoms with Gasteiger partial charge in [-0.15, -0.1) is 0 Å². The van der Waals surface area contributed by atoms with Crippen molar-refractivity contribution in [2.75, 3.05) is 6.54 Å². The van der Waals surface area contributed by atoms with E-state index in [1.165, 1.54) is 11.1 Å². The summed E-state index contributed by atoms with van der Waals surface area (Å²) in [6.07, 6.45) is 1.13. The maximum atomic E-state index is 5.15. The highest BCUT2D eigenvalue weighted by Gasteiger charge is 2.08. The van der Waals surface area contributed by atoms with Crippen LogP contribution in [0.4, 0.5) is 0 Å². The summed E-state index contributed by atoms with van der Waals surface area (Å²) >= 11 is 0. The van der Waals surface area contributed by atoms with Crippen molar-refractivity contribution in [2.24, 2.45) is 0 Å². The van der Waals surface area contributed by atoms with E-state index in [4.69, 9.17) is 4.52 Å². The summed E-state index contributed by atoms with van der Waals surface area (Å²) in [5, 5.41) is 7.43. The van der Waals surface area contributed by atoms with Crippen molar-refractivity contribution in [3.05, 3.63) is 52.9 Å². The molecule has 19 heavy (non-hydrogen) atoms. The minimum Gasteiger partial charge on any atom is -0.361 e. The third kappa shape index (κ3) is 3.67. The van der Waals surface area contributed by atoms with Crippen LogP contribution in [-0.2, 0) is 6.54 Å². The van der Waals surface area contributed by atoms with Crippen LogP contribution < -0.4 is 5.32 Å². The number of rotatable bonds is 6. The normalized spacial score (nSPS) is 12.6. The van der Waals surface area contributed by atoms with E-state index in [0.717, 1.165) is 31.0 Å². The van der Waals surface area contributed by atoms with Crippen molar-refractivity contribution in [1.29, 1.82) is 0 Å². The molecule has 0 bridgehead atoms. The van der Waals surface area contributed by atoms with Crippen LogP contribution in [0, 0.1) is 13.8 Å². The zero-order valence-electron chi connectivity index (χ0n) is 11.9. The van der Waals surface area contributed by atoms with Gasteiger partial charge in [-0.25, -0.2) is 0 Å². The van der Waals surface area contributed by atoms with E-state index in [0.29, 0.717) is 5.92 Å². The maximum Gasteiger partial charge on any atom is 0.138 e. The molecule has 1 heterocycles. The molecule has 0 aliphatic carbocycles. The lowest BCUT2D eigenvalue weighted by molar-refractivity contribution is 0.391. The Hall–Kier alpha value is -1.61. The fourth-order valence-corrected chi connectivity index (χ4v) is 2.23. The molecule has 1 N–H and O–H groups in total. The second-order valence-electron chi connectivity index (χ2n) is 5.08. The first-order chi connectivity index (χ1) is 9.18. The standard InChI is InChI=1S/C16H22N2O/c1-12(15-7-5-4-6-8-15)9-10-17-11-16-13(2)18-19-14(16)3/h4-8,12,17H,9-11H2,1-3H3. The number of benzene rings is 1. The van der Waals surface area contributed by atoms with E-state index in [-0.39, 0.29) is 0 Å². The van der Waals surface area contributed by atoms with Gasteiger partial charge in [0.05, 0.1) is 5.69 Å². The lowest BCUT2D eigenvalue weighted by atomic mass is 9.98. The predicted molar refractivity (Wildman–Crippen MR) is 77.2 cm³/mol. The number of aryl methyl sites for hydroxylation is 2. The summed E-state index contributed by atoms with van der Waals surface area (Å²) in [5.41, 5.74) is 3.58. The van der Waals surface area contributed by atoms with Crippen LogP contribution in [0.1, 0.15) is 41.8 Å². The van der Waals surface area contributed by atoms with Crippen molar-refractivity contribution in [3.63, 3.8) is 0 Å². The van der Waals surface area contributed by atoms with Crippen LogP contribution in [0.5, 0.6) is 0 Å². The average Bonchev–Trinajstić information content (AvgIpc) is 2.75. The number of nitrogens with one attached hydrogen (secondary N) is 1. The monoisotopic (exact) mass is 258 g/mol. The highest BCUT2D eigenvalue weighted by Crippen LogP contribution is 2.18. The van der Waals surface area contributed by atoms with E-state index in [1.807, 2.05) is 13.8 Å². The lowest BCUT2D eigenvalue weighted by Crippen LogP contribution is -2.17. The van der Waals surface area contributed by atoms with Crippen molar-refractivity contribution < 1.29 is 4.52 Å². The van der Waals surface area contributed by atoms with Crippen molar-refractivity contribution in [3.8, 4) is 0 Å². The summed E-state index contributed by atoms with van der Waals surface area (Å²) in [5.74, 6) is 1.50. The predicted octanol–water partition coefficient (Wildman–Crippen LogP) is 3.57. The van der Waals surface area contributed by atoms with Gasteiger partial charge in [-0.05, 0) is 38.3 Å². The van der Waals surface area contributed by atoms with Gasteiger partial charge < -0.3 is 9.84 Å². The molecule has 0 spiro atoms. The van der Waals surface area contributed by atoms with Gasteiger partial charge in [0, 0.05) is 12.1 Å². The summed E-state index contributed by atoms with van der Waals surface area (Å²) in [6, 6.07) is 10.6. The fraction of sp³-hybridized carbons (Fsp3) is 0.438. The molecule has 0 aliphatic heterocycles. The topological polar surface area (TPSA) is 38.1 Å². The van der Waals surface area contributed by atoms with Gasteiger partial charge in [-0.2, -0.15) is 0 Å². The van der Waals surface area contributed by atoms with Gasteiger partial charge in [-0.1, -0.05) is 42.4 Å². The molecule has 1 aromatic carbocycles. The molecule has 1 aromatic heterocycles. The van der Waals surface area contributed by atoms with Gasteiger partial charge in [-0.3, -0.25) is 0 Å². The van der Waals surface area contributed by atoms with Crippen molar-refractivity contribution in [2.45, 2.75) is 39.7 Å². The second kappa shape index (κ2) is 6.53. The Bertz CT molecular complexity index is 485. The lowest BCUT2D eigenvalue weighted by Gasteiger charge is -2.12. The zero-order chi connectivity index (χ0) is 13.7. The second-order valence-corrected chi connectivity index (χ2v) is 5.08. The molecule has 1 unspecified atom stereocenters. The molecule has 0 aliphatic rings. The number of nitrogens with zero attached hydrogens (tertiary/aromatic N) is 1. The Morgan fingerprint density at radius 1 is 1.21 bits per heavy atom. The summed E-state index contributed by atoms with van der Waals surface area (Å²) < 4.78 is 5.15. The minimum absolute atomic E-state index is 0.582. The van der Waals surface area contributed by atoms with E-state index in [9.17, 15) is 0 Å². The zero-order valence-corrected chi connectivity index (χ0v) is 11.9. The summed E-state index contributed by atoms with van der Waals surface area (Å²) in [4.78, 5) is 0. The first kappa shape index (κ1) is 13.8. The Balaban J connectivity index is 1.76. The van der Waals surface area contributed by atoms with Crippen LogP contribution in [-0.4, -0.2) is 11.7 Å². The van der Waals surface area contributed by atoms with Gasteiger partial charge in [0.15, 0.2) is 0 Å². The van der Waals surface area contributed by atoms with Gasteiger partial charge in [0.1, 0.15) is 5.76 Å². The molecular weight excluding hydrogens is 236 g/mol.